The first kappa shape index (κ1) is 13.1. The van der Waals surface area contributed by atoms with Gasteiger partial charge >= 0.3 is 0 Å². The molecule has 4 atom stereocenters. The Bertz CT molecular complexity index is 306. The van der Waals surface area contributed by atoms with E-state index in [1.54, 1.807) is 0 Å². The van der Waals surface area contributed by atoms with Crippen molar-refractivity contribution in [3.05, 3.63) is 11.6 Å². The van der Waals surface area contributed by atoms with Crippen LogP contribution in [0.2, 0.25) is 0 Å². The zero-order valence-corrected chi connectivity index (χ0v) is 11.8. The van der Waals surface area contributed by atoms with Crippen molar-refractivity contribution >= 4 is 0 Å². The first-order valence-corrected chi connectivity index (χ1v) is 6.86. The molecule has 1 aliphatic carbocycles. The maximum Gasteiger partial charge on any atom is 0.161 e. The average Bonchev–Trinajstić information content (AvgIpc) is 2.13. The van der Waals surface area contributed by atoms with Crippen molar-refractivity contribution in [2.75, 3.05) is 6.61 Å². The second-order valence-corrected chi connectivity index (χ2v) is 6.50. The highest BCUT2D eigenvalue weighted by Crippen LogP contribution is 2.40. The van der Waals surface area contributed by atoms with Gasteiger partial charge in [-0.15, -0.1) is 0 Å². The van der Waals surface area contributed by atoms with Gasteiger partial charge in [-0.1, -0.05) is 25.5 Å². The largest absolute Gasteiger partial charge is 0.352 e. The Morgan fingerprint density at radius 3 is 2.59 bits per heavy atom. The molecule has 2 nitrogen and oxygen atoms in total. The fourth-order valence-corrected chi connectivity index (χ4v) is 3.32. The Morgan fingerprint density at radius 2 is 2.00 bits per heavy atom. The SMILES string of the molecule is CC1=CC(C)C(C2OCCC(C)(C)O2)C(C)C1. The van der Waals surface area contributed by atoms with Crippen molar-refractivity contribution in [3.8, 4) is 0 Å². The number of hydrogen-bond donors (Lipinski definition) is 0. The third-order valence-corrected chi connectivity index (χ3v) is 4.19. The topological polar surface area (TPSA) is 18.5 Å². The highest BCUT2D eigenvalue weighted by atomic mass is 16.7. The molecule has 0 bridgehead atoms. The minimum Gasteiger partial charge on any atom is -0.352 e. The molecule has 0 saturated carbocycles. The Labute approximate surface area is 105 Å². The predicted octanol–water partition coefficient (Wildman–Crippen LogP) is 3.77. The van der Waals surface area contributed by atoms with Gasteiger partial charge in [0.2, 0.25) is 0 Å². The molecule has 1 fully saturated rings. The van der Waals surface area contributed by atoms with Crippen LogP contribution in [-0.2, 0) is 9.47 Å². The molecule has 1 saturated heterocycles. The van der Waals surface area contributed by atoms with Crippen LogP contribution in [0.4, 0.5) is 0 Å². The molecule has 0 aromatic heterocycles. The zero-order valence-electron chi connectivity index (χ0n) is 11.8. The molecule has 2 heteroatoms. The highest BCUT2D eigenvalue weighted by molar-refractivity contribution is 5.09. The van der Waals surface area contributed by atoms with Crippen molar-refractivity contribution in [3.63, 3.8) is 0 Å². The molecule has 1 aliphatic heterocycles. The van der Waals surface area contributed by atoms with Gasteiger partial charge in [-0.3, -0.25) is 0 Å². The molecule has 0 radical (unpaired) electrons. The van der Waals surface area contributed by atoms with E-state index in [2.05, 4.69) is 40.7 Å². The standard InChI is InChI=1S/C15H26O2/c1-10-8-11(2)13(12(3)9-10)14-16-7-6-15(4,5)17-14/h8,11-14H,6-7,9H2,1-5H3. The summed E-state index contributed by atoms with van der Waals surface area (Å²) in [4.78, 5) is 0. The van der Waals surface area contributed by atoms with Gasteiger partial charge in [-0.05, 0) is 45.4 Å². The lowest BCUT2D eigenvalue weighted by atomic mass is 9.74. The van der Waals surface area contributed by atoms with Gasteiger partial charge in [-0.2, -0.15) is 0 Å². The molecule has 98 valence electrons. The highest BCUT2D eigenvalue weighted by Gasteiger charge is 2.40. The zero-order chi connectivity index (χ0) is 12.6. The summed E-state index contributed by atoms with van der Waals surface area (Å²) in [7, 11) is 0. The minimum atomic E-state index is -0.0292. The Morgan fingerprint density at radius 1 is 1.29 bits per heavy atom. The van der Waals surface area contributed by atoms with E-state index in [0.29, 0.717) is 17.8 Å². The molecule has 0 N–H and O–H groups in total. The maximum atomic E-state index is 6.14. The number of rotatable bonds is 1. The fraction of sp³-hybridized carbons (Fsp3) is 0.867. The van der Waals surface area contributed by atoms with Crippen LogP contribution >= 0.6 is 0 Å². The molecule has 2 rings (SSSR count). The summed E-state index contributed by atoms with van der Waals surface area (Å²) in [5.41, 5.74) is 1.48. The van der Waals surface area contributed by atoms with E-state index in [1.807, 2.05) is 0 Å². The summed E-state index contributed by atoms with van der Waals surface area (Å²) in [5.74, 6) is 1.70. The van der Waals surface area contributed by atoms with Crippen LogP contribution in [0.1, 0.15) is 47.5 Å². The smallest absolute Gasteiger partial charge is 0.161 e. The monoisotopic (exact) mass is 238 g/mol. The van der Waals surface area contributed by atoms with E-state index in [0.717, 1.165) is 13.0 Å². The van der Waals surface area contributed by atoms with Crippen LogP contribution in [0.25, 0.3) is 0 Å². The predicted molar refractivity (Wildman–Crippen MR) is 69.7 cm³/mol. The van der Waals surface area contributed by atoms with Crippen LogP contribution in [-0.4, -0.2) is 18.5 Å². The van der Waals surface area contributed by atoms with Crippen molar-refractivity contribution in [1.82, 2.24) is 0 Å². The number of ether oxygens (including phenoxy) is 2. The molecule has 1 heterocycles. The lowest BCUT2D eigenvalue weighted by molar-refractivity contribution is -0.275. The quantitative estimate of drug-likeness (QED) is 0.647. The number of allylic oxidation sites excluding steroid dienone is 2. The first-order valence-electron chi connectivity index (χ1n) is 6.86. The molecule has 2 aliphatic rings. The second kappa shape index (κ2) is 4.74. The fourth-order valence-electron chi connectivity index (χ4n) is 3.32. The summed E-state index contributed by atoms with van der Waals surface area (Å²) in [6, 6.07) is 0. The lowest BCUT2D eigenvalue weighted by Gasteiger charge is -2.44. The van der Waals surface area contributed by atoms with Crippen molar-refractivity contribution in [2.45, 2.75) is 59.4 Å². The second-order valence-electron chi connectivity index (χ2n) is 6.50. The molecule has 0 aromatic carbocycles. The average molecular weight is 238 g/mol. The van der Waals surface area contributed by atoms with E-state index in [9.17, 15) is 0 Å². The molecule has 17 heavy (non-hydrogen) atoms. The van der Waals surface area contributed by atoms with Gasteiger partial charge in [0, 0.05) is 5.92 Å². The van der Waals surface area contributed by atoms with E-state index < -0.39 is 0 Å². The van der Waals surface area contributed by atoms with E-state index in [-0.39, 0.29) is 11.9 Å². The van der Waals surface area contributed by atoms with E-state index in [4.69, 9.17) is 9.47 Å². The molecular weight excluding hydrogens is 212 g/mol. The first-order chi connectivity index (χ1) is 7.89. The summed E-state index contributed by atoms with van der Waals surface area (Å²) in [5, 5.41) is 0. The van der Waals surface area contributed by atoms with Crippen LogP contribution in [0.5, 0.6) is 0 Å². The van der Waals surface area contributed by atoms with Crippen molar-refractivity contribution in [2.24, 2.45) is 17.8 Å². The minimum absolute atomic E-state index is 0.0203. The van der Waals surface area contributed by atoms with E-state index in [1.165, 1.54) is 12.0 Å². The van der Waals surface area contributed by atoms with Crippen LogP contribution in [0.15, 0.2) is 11.6 Å². The summed E-state index contributed by atoms with van der Waals surface area (Å²) >= 11 is 0. The molecule has 4 unspecified atom stereocenters. The van der Waals surface area contributed by atoms with E-state index >= 15 is 0 Å². The van der Waals surface area contributed by atoms with Crippen molar-refractivity contribution < 1.29 is 9.47 Å². The summed E-state index contributed by atoms with van der Waals surface area (Å²) in [6.07, 6.45) is 4.54. The van der Waals surface area contributed by atoms with Crippen LogP contribution < -0.4 is 0 Å². The summed E-state index contributed by atoms with van der Waals surface area (Å²) < 4.78 is 12.0. The molecular formula is C15H26O2. The van der Waals surface area contributed by atoms with Crippen LogP contribution in [0.3, 0.4) is 0 Å². The van der Waals surface area contributed by atoms with Gasteiger partial charge < -0.3 is 9.47 Å². The summed E-state index contributed by atoms with van der Waals surface area (Å²) in [6.45, 7) is 12.0. The maximum absolute atomic E-state index is 6.14. The normalized spacial score (nSPS) is 42.1. The van der Waals surface area contributed by atoms with Crippen molar-refractivity contribution in [1.29, 1.82) is 0 Å². The lowest BCUT2D eigenvalue weighted by Crippen LogP contribution is -2.46. The Balaban J connectivity index is 2.11. The van der Waals surface area contributed by atoms with Gasteiger partial charge in [-0.25, -0.2) is 0 Å². The van der Waals surface area contributed by atoms with Gasteiger partial charge in [0.1, 0.15) is 0 Å². The Kier molecular flexibility index (Phi) is 3.65. The molecule has 0 amide bonds. The third kappa shape index (κ3) is 2.92. The van der Waals surface area contributed by atoms with Gasteiger partial charge in [0.25, 0.3) is 0 Å². The van der Waals surface area contributed by atoms with Gasteiger partial charge in [0.05, 0.1) is 12.2 Å². The van der Waals surface area contributed by atoms with Crippen LogP contribution in [0, 0.1) is 17.8 Å². The van der Waals surface area contributed by atoms with Gasteiger partial charge in [0.15, 0.2) is 6.29 Å². The number of hydrogen-bond acceptors (Lipinski definition) is 2. The Hall–Kier alpha value is -0.340. The third-order valence-electron chi connectivity index (χ3n) is 4.19. The molecule has 0 aromatic rings. The molecule has 0 spiro atoms.